The molecule has 7 nitrogen and oxygen atoms in total. The maximum Gasteiger partial charge on any atom is 0.530 e. The Bertz CT molecular complexity index is 2860. The molecule has 0 fully saturated rings. The van der Waals surface area contributed by atoms with Crippen LogP contribution in [0.3, 0.4) is 0 Å². The van der Waals surface area contributed by atoms with Gasteiger partial charge in [0, 0.05) is 39.1 Å². The van der Waals surface area contributed by atoms with Crippen LogP contribution >= 0.6 is 17.2 Å². The second-order valence-corrected chi connectivity index (χ2v) is 16.7. The fraction of sp³-hybridized carbons (Fsp3) is 0.0189. The molecule has 0 saturated carbocycles. The molecule has 0 N–H and O–H groups in total. The Hall–Kier alpha value is -7.30. The van der Waals surface area contributed by atoms with Gasteiger partial charge in [-0.2, -0.15) is 0 Å². The highest BCUT2D eigenvalue weighted by Crippen LogP contribution is 2.54. The van der Waals surface area contributed by atoms with E-state index in [0.717, 1.165) is 54.2 Å². The van der Waals surface area contributed by atoms with Crippen molar-refractivity contribution in [1.29, 1.82) is 0 Å². The summed E-state index contributed by atoms with van der Waals surface area (Å²) in [6.07, 6.45) is 0.567. The summed E-state index contributed by atoms with van der Waals surface area (Å²) in [5.41, 5.74) is 1.89. The van der Waals surface area contributed by atoms with E-state index in [4.69, 9.17) is 31.9 Å². The predicted molar refractivity (Wildman–Crippen MR) is 249 cm³/mol. The molecule has 0 spiro atoms. The zero-order valence-corrected chi connectivity index (χ0v) is 34.9. The molecule has 0 amide bonds. The fourth-order valence-electron chi connectivity index (χ4n) is 7.78. The van der Waals surface area contributed by atoms with Gasteiger partial charge in [0.15, 0.2) is 23.0 Å². The number of hydrogen-bond acceptors (Lipinski definition) is 7. The first kappa shape index (κ1) is 37.7. The highest BCUT2D eigenvalue weighted by molar-refractivity contribution is 7.43. The summed E-state index contributed by atoms with van der Waals surface area (Å²) >= 11 is 0. The van der Waals surface area contributed by atoms with E-state index in [1.165, 1.54) is 0 Å². The molecular weight excluding hydrogens is 811 g/mol. The van der Waals surface area contributed by atoms with Crippen LogP contribution in [0.25, 0.3) is 43.1 Å². The Balaban J connectivity index is 0.943. The zero-order valence-electron chi connectivity index (χ0n) is 33.1. The van der Waals surface area contributed by atoms with Crippen LogP contribution in [0.5, 0.6) is 46.0 Å². The quantitative estimate of drug-likeness (QED) is 0.113. The van der Waals surface area contributed by atoms with E-state index < -0.39 is 17.2 Å². The van der Waals surface area contributed by atoms with Crippen LogP contribution in [0.1, 0.15) is 11.1 Å². The standard InChI is InChI=1S/C53H36O7P2/c1-5-25-42-36(15-1)19-9-29-46(42)55-61(56-47-30-10-20-37-16-2-6-26-43(37)47)59-50-33-13-23-40-35-41-24-14-34-51(53(41)54-52(40)50)60-62(57-48-31-11-21-38-17-3-7-27-44(38)48)58-49-32-12-22-39-18-4-8-28-45(39)49/h1-34H,35H2. The third kappa shape index (κ3) is 7.54. The third-order valence-electron chi connectivity index (χ3n) is 10.7. The van der Waals surface area contributed by atoms with Gasteiger partial charge < -0.3 is 31.9 Å². The molecule has 0 aliphatic carbocycles. The molecule has 0 unspecified atom stereocenters. The van der Waals surface area contributed by atoms with Crippen molar-refractivity contribution in [3.8, 4) is 46.0 Å². The van der Waals surface area contributed by atoms with Gasteiger partial charge in [-0.1, -0.05) is 170 Å². The van der Waals surface area contributed by atoms with Crippen LogP contribution in [0.15, 0.2) is 206 Å². The first-order chi connectivity index (χ1) is 30.7. The summed E-state index contributed by atoms with van der Waals surface area (Å²) in [4.78, 5) is 0. The van der Waals surface area contributed by atoms with Gasteiger partial charge in [-0.05, 0) is 57.9 Å². The first-order valence-electron chi connectivity index (χ1n) is 20.2. The van der Waals surface area contributed by atoms with Gasteiger partial charge in [0.25, 0.3) is 0 Å². The number of rotatable bonds is 12. The van der Waals surface area contributed by atoms with Crippen LogP contribution in [0.4, 0.5) is 0 Å². The normalized spacial score (nSPS) is 11.9. The summed E-state index contributed by atoms with van der Waals surface area (Å²) in [6.45, 7) is 0. The fourth-order valence-corrected chi connectivity index (χ4v) is 9.89. The van der Waals surface area contributed by atoms with E-state index in [2.05, 4.69) is 48.5 Å². The van der Waals surface area contributed by atoms with Gasteiger partial charge in [-0.3, -0.25) is 0 Å². The molecule has 10 aromatic rings. The first-order valence-corrected chi connectivity index (χ1v) is 22.4. The number of para-hydroxylation sites is 2. The lowest BCUT2D eigenvalue weighted by molar-refractivity contribution is 0.359. The molecule has 1 aliphatic heterocycles. The Kier molecular flexibility index (Phi) is 10.1. The SMILES string of the molecule is c1cc2c(c(OP(Oc3cccc4ccccc34)Oc3cccc4ccccc34)c1)Oc1c(cccc1OP(Oc1cccc3ccccc13)Oc1cccc3ccccc13)C2. The van der Waals surface area contributed by atoms with E-state index >= 15 is 0 Å². The van der Waals surface area contributed by atoms with Crippen molar-refractivity contribution in [2.45, 2.75) is 6.42 Å². The number of benzene rings is 10. The summed E-state index contributed by atoms with van der Waals surface area (Å²) in [5, 5.41) is 7.97. The van der Waals surface area contributed by atoms with Gasteiger partial charge in [0.1, 0.15) is 23.0 Å². The van der Waals surface area contributed by atoms with Gasteiger partial charge in [0.2, 0.25) is 0 Å². The minimum Gasteiger partial charge on any atom is -0.449 e. The van der Waals surface area contributed by atoms with Gasteiger partial charge in [0.05, 0.1) is 0 Å². The molecule has 0 radical (unpaired) electrons. The molecule has 0 saturated heterocycles. The summed E-state index contributed by atoms with van der Waals surface area (Å²) in [5.74, 6) is 4.60. The third-order valence-corrected chi connectivity index (χ3v) is 12.8. The second kappa shape index (κ2) is 16.6. The van der Waals surface area contributed by atoms with Crippen LogP contribution in [-0.2, 0) is 6.42 Å². The minimum absolute atomic E-state index is 0.468. The molecule has 0 atom stereocenters. The average molecular weight is 847 g/mol. The summed E-state index contributed by atoms with van der Waals surface area (Å²) < 4.78 is 47.3. The maximum absolute atomic E-state index is 6.87. The van der Waals surface area contributed by atoms with Crippen molar-refractivity contribution < 1.29 is 31.9 Å². The molecule has 300 valence electrons. The van der Waals surface area contributed by atoms with Crippen molar-refractivity contribution in [3.05, 3.63) is 217 Å². The molecule has 1 aliphatic rings. The lowest BCUT2D eigenvalue weighted by atomic mass is 10.00. The smallest absolute Gasteiger partial charge is 0.449 e. The van der Waals surface area contributed by atoms with E-state index in [9.17, 15) is 0 Å². The lowest BCUT2D eigenvalue weighted by Crippen LogP contribution is -2.09. The molecule has 1 heterocycles. The van der Waals surface area contributed by atoms with E-state index in [0.29, 0.717) is 52.4 Å². The topological polar surface area (TPSA) is 64.6 Å². The molecular formula is C53H36O7P2. The Morgan fingerprint density at radius 1 is 0.274 bits per heavy atom. The van der Waals surface area contributed by atoms with Crippen LogP contribution in [0.2, 0.25) is 0 Å². The monoisotopic (exact) mass is 846 g/mol. The van der Waals surface area contributed by atoms with Crippen molar-refractivity contribution in [1.82, 2.24) is 0 Å². The zero-order chi connectivity index (χ0) is 41.2. The predicted octanol–water partition coefficient (Wildman–Crippen LogP) is 15.5. The molecule has 62 heavy (non-hydrogen) atoms. The minimum atomic E-state index is -2.07. The summed E-state index contributed by atoms with van der Waals surface area (Å²) in [7, 11) is -4.15. The highest BCUT2D eigenvalue weighted by atomic mass is 31.2. The van der Waals surface area contributed by atoms with Gasteiger partial charge >= 0.3 is 17.2 Å². The van der Waals surface area contributed by atoms with Gasteiger partial charge in [-0.25, -0.2) is 0 Å². The number of hydrogen-bond donors (Lipinski definition) is 0. The van der Waals surface area contributed by atoms with Crippen LogP contribution in [0, 0.1) is 0 Å². The Morgan fingerprint density at radius 3 is 0.871 bits per heavy atom. The molecule has 9 heteroatoms. The van der Waals surface area contributed by atoms with Crippen LogP contribution in [-0.4, -0.2) is 0 Å². The van der Waals surface area contributed by atoms with Gasteiger partial charge in [-0.15, -0.1) is 0 Å². The molecule has 11 rings (SSSR count). The lowest BCUT2D eigenvalue weighted by Gasteiger charge is -2.26. The molecule has 0 bridgehead atoms. The van der Waals surface area contributed by atoms with Crippen LogP contribution < -0.4 is 31.9 Å². The Morgan fingerprint density at radius 2 is 0.532 bits per heavy atom. The maximum atomic E-state index is 6.87. The van der Waals surface area contributed by atoms with Crippen molar-refractivity contribution in [3.63, 3.8) is 0 Å². The highest BCUT2D eigenvalue weighted by Gasteiger charge is 2.31. The second-order valence-electron chi connectivity index (χ2n) is 14.7. The largest absolute Gasteiger partial charge is 0.530 e. The number of ether oxygens (including phenoxy) is 1. The molecule has 0 aromatic heterocycles. The van der Waals surface area contributed by atoms with E-state index in [1.807, 2.05) is 158 Å². The number of fused-ring (bicyclic) bond motifs is 6. The Labute approximate surface area is 360 Å². The van der Waals surface area contributed by atoms with E-state index in [-0.39, 0.29) is 0 Å². The van der Waals surface area contributed by atoms with Crippen molar-refractivity contribution in [2.75, 3.05) is 0 Å². The average Bonchev–Trinajstić information content (AvgIpc) is 3.32. The van der Waals surface area contributed by atoms with E-state index in [1.54, 1.807) is 0 Å². The summed E-state index contributed by atoms with van der Waals surface area (Å²) in [6, 6.07) is 68.0. The molecule has 10 aromatic carbocycles. The van der Waals surface area contributed by atoms with Crippen molar-refractivity contribution in [2.24, 2.45) is 0 Å². The van der Waals surface area contributed by atoms with Crippen molar-refractivity contribution >= 4 is 60.3 Å².